The Kier molecular flexibility index (Phi) is 4.64. The lowest BCUT2D eigenvalue weighted by molar-refractivity contribution is -0.384. The number of benzene rings is 1. The number of rotatable bonds is 5. The SMILES string of the molecule is CCCNc1ncc([N+](=O)[O-])c(-c2cc(F)ccc2Cl)n1. The third-order valence-electron chi connectivity index (χ3n) is 2.68. The van der Waals surface area contributed by atoms with Gasteiger partial charge in [-0.25, -0.2) is 14.4 Å². The van der Waals surface area contributed by atoms with Crippen LogP contribution in [0.1, 0.15) is 13.3 Å². The van der Waals surface area contributed by atoms with Gasteiger partial charge in [0.2, 0.25) is 5.95 Å². The second-order valence-corrected chi connectivity index (χ2v) is 4.64. The number of halogens is 2. The molecule has 0 unspecified atom stereocenters. The van der Waals surface area contributed by atoms with Gasteiger partial charge in [0.05, 0.1) is 9.95 Å². The summed E-state index contributed by atoms with van der Waals surface area (Å²) in [5.41, 5.74) is -0.187. The van der Waals surface area contributed by atoms with E-state index in [9.17, 15) is 14.5 Å². The number of aromatic nitrogens is 2. The zero-order chi connectivity index (χ0) is 15.4. The van der Waals surface area contributed by atoms with Crippen molar-refractivity contribution < 1.29 is 9.31 Å². The van der Waals surface area contributed by atoms with Crippen molar-refractivity contribution in [3.63, 3.8) is 0 Å². The Bertz CT molecular complexity index is 681. The van der Waals surface area contributed by atoms with E-state index in [0.717, 1.165) is 18.7 Å². The van der Waals surface area contributed by atoms with Crippen LogP contribution < -0.4 is 5.32 Å². The summed E-state index contributed by atoms with van der Waals surface area (Å²) in [6.07, 6.45) is 1.93. The molecule has 0 saturated carbocycles. The molecule has 0 aliphatic carbocycles. The first-order chi connectivity index (χ1) is 10.0. The van der Waals surface area contributed by atoms with E-state index >= 15 is 0 Å². The van der Waals surface area contributed by atoms with E-state index in [1.165, 1.54) is 12.1 Å². The molecular weight excluding hydrogens is 299 g/mol. The lowest BCUT2D eigenvalue weighted by Gasteiger charge is -2.08. The van der Waals surface area contributed by atoms with Crippen molar-refractivity contribution in [1.29, 1.82) is 0 Å². The van der Waals surface area contributed by atoms with Gasteiger partial charge in [-0.1, -0.05) is 18.5 Å². The van der Waals surface area contributed by atoms with E-state index in [2.05, 4.69) is 15.3 Å². The third-order valence-corrected chi connectivity index (χ3v) is 3.01. The molecule has 110 valence electrons. The Hall–Kier alpha value is -2.28. The number of hydrogen-bond acceptors (Lipinski definition) is 5. The standard InChI is InChI=1S/C13H12ClFN4O2/c1-2-5-16-13-17-7-11(19(20)21)12(18-13)9-6-8(15)3-4-10(9)14/h3-4,6-7H,2,5H2,1H3,(H,16,17,18). The van der Waals surface area contributed by atoms with Crippen LogP contribution in [0, 0.1) is 15.9 Å². The summed E-state index contributed by atoms with van der Waals surface area (Å²) in [4.78, 5) is 18.4. The molecule has 1 aromatic carbocycles. The smallest absolute Gasteiger partial charge is 0.313 e. The highest BCUT2D eigenvalue weighted by atomic mass is 35.5. The summed E-state index contributed by atoms with van der Waals surface area (Å²) in [6.45, 7) is 2.58. The highest BCUT2D eigenvalue weighted by molar-refractivity contribution is 6.33. The minimum atomic E-state index is -0.625. The van der Waals surface area contributed by atoms with Gasteiger partial charge in [-0.05, 0) is 24.6 Å². The fourth-order valence-corrected chi connectivity index (χ4v) is 1.92. The predicted octanol–water partition coefficient (Wildman–Crippen LogP) is 3.67. The van der Waals surface area contributed by atoms with E-state index in [-0.39, 0.29) is 27.9 Å². The molecule has 0 saturated heterocycles. The highest BCUT2D eigenvalue weighted by Gasteiger charge is 2.21. The lowest BCUT2D eigenvalue weighted by Crippen LogP contribution is -2.06. The van der Waals surface area contributed by atoms with E-state index in [0.29, 0.717) is 6.54 Å². The van der Waals surface area contributed by atoms with Crippen molar-refractivity contribution in [3.05, 3.63) is 45.4 Å². The molecule has 0 radical (unpaired) electrons. The summed E-state index contributed by atoms with van der Waals surface area (Å²) in [6, 6.07) is 3.62. The Morgan fingerprint density at radius 2 is 2.24 bits per heavy atom. The summed E-state index contributed by atoms with van der Waals surface area (Å²) in [7, 11) is 0. The summed E-state index contributed by atoms with van der Waals surface area (Å²) >= 11 is 5.99. The van der Waals surface area contributed by atoms with Gasteiger partial charge in [0.25, 0.3) is 0 Å². The largest absolute Gasteiger partial charge is 0.354 e. The van der Waals surface area contributed by atoms with Gasteiger partial charge < -0.3 is 5.32 Å². The van der Waals surface area contributed by atoms with E-state index < -0.39 is 10.7 Å². The van der Waals surface area contributed by atoms with Crippen LogP contribution in [0.4, 0.5) is 16.0 Å². The maximum Gasteiger partial charge on any atom is 0.313 e. The van der Waals surface area contributed by atoms with Crippen molar-refractivity contribution in [1.82, 2.24) is 9.97 Å². The maximum absolute atomic E-state index is 13.4. The van der Waals surface area contributed by atoms with Crippen LogP contribution in [0.2, 0.25) is 5.02 Å². The normalized spacial score (nSPS) is 10.4. The van der Waals surface area contributed by atoms with Crippen LogP contribution in [-0.2, 0) is 0 Å². The number of nitrogens with one attached hydrogen (secondary N) is 1. The summed E-state index contributed by atoms with van der Waals surface area (Å²) < 4.78 is 13.4. The predicted molar refractivity (Wildman–Crippen MR) is 77.9 cm³/mol. The van der Waals surface area contributed by atoms with Gasteiger partial charge in [0.15, 0.2) is 5.69 Å². The van der Waals surface area contributed by atoms with Gasteiger partial charge in [-0.3, -0.25) is 10.1 Å². The average molecular weight is 311 g/mol. The molecule has 0 aliphatic rings. The van der Waals surface area contributed by atoms with Crippen molar-refractivity contribution in [2.45, 2.75) is 13.3 Å². The summed E-state index contributed by atoms with van der Waals surface area (Å²) in [5, 5.41) is 14.2. The van der Waals surface area contributed by atoms with Gasteiger partial charge in [0.1, 0.15) is 12.0 Å². The molecule has 0 bridgehead atoms. The zero-order valence-electron chi connectivity index (χ0n) is 11.1. The molecular formula is C13H12ClFN4O2. The van der Waals surface area contributed by atoms with Crippen molar-refractivity contribution >= 4 is 23.2 Å². The molecule has 1 N–H and O–H groups in total. The minimum Gasteiger partial charge on any atom is -0.354 e. The molecule has 0 aliphatic heterocycles. The highest BCUT2D eigenvalue weighted by Crippen LogP contribution is 2.33. The Morgan fingerprint density at radius 1 is 1.48 bits per heavy atom. The van der Waals surface area contributed by atoms with Crippen LogP contribution in [0.3, 0.4) is 0 Å². The molecule has 21 heavy (non-hydrogen) atoms. The van der Waals surface area contributed by atoms with Gasteiger partial charge >= 0.3 is 5.69 Å². The topological polar surface area (TPSA) is 81.0 Å². The molecule has 1 heterocycles. The second-order valence-electron chi connectivity index (χ2n) is 4.24. The number of hydrogen-bond donors (Lipinski definition) is 1. The first-order valence-electron chi connectivity index (χ1n) is 6.23. The van der Waals surface area contributed by atoms with Crippen LogP contribution in [0.15, 0.2) is 24.4 Å². The fourth-order valence-electron chi connectivity index (χ4n) is 1.71. The quantitative estimate of drug-likeness (QED) is 0.673. The third kappa shape index (κ3) is 3.43. The molecule has 0 fully saturated rings. The number of anilines is 1. The Balaban J connectivity index is 2.57. The first-order valence-corrected chi connectivity index (χ1v) is 6.61. The van der Waals surface area contributed by atoms with Gasteiger partial charge in [-0.2, -0.15) is 0 Å². The van der Waals surface area contributed by atoms with Gasteiger partial charge in [0, 0.05) is 12.1 Å². The minimum absolute atomic E-state index is 0.0156. The molecule has 2 rings (SSSR count). The zero-order valence-corrected chi connectivity index (χ0v) is 11.9. The molecule has 1 aromatic heterocycles. The maximum atomic E-state index is 13.4. The number of nitrogens with zero attached hydrogens (tertiary/aromatic N) is 3. The first kappa shape index (κ1) is 15.1. The molecule has 0 amide bonds. The van der Waals surface area contributed by atoms with Crippen LogP contribution in [0.25, 0.3) is 11.3 Å². The molecule has 8 heteroatoms. The Labute approximate surface area is 125 Å². The molecule has 0 spiro atoms. The van der Waals surface area contributed by atoms with Crippen LogP contribution in [0.5, 0.6) is 0 Å². The second kappa shape index (κ2) is 6.45. The monoisotopic (exact) mass is 310 g/mol. The lowest BCUT2D eigenvalue weighted by atomic mass is 10.1. The van der Waals surface area contributed by atoms with Gasteiger partial charge in [-0.15, -0.1) is 0 Å². The number of nitro groups is 1. The average Bonchev–Trinajstić information content (AvgIpc) is 2.47. The summed E-state index contributed by atoms with van der Waals surface area (Å²) in [5.74, 6) is -0.317. The fraction of sp³-hybridized carbons (Fsp3) is 0.231. The van der Waals surface area contributed by atoms with Crippen LogP contribution >= 0.6 is 11.6 Å². The van der Waals surface area contributed by atoms with Crippen LogP contribution in [-0.4, -0.2) is 21.4 Å². The van der Waals surface area contributed by atoms with E-state index in [4.69, 9.17) is 11.6 Å². The Morgan fingerprint density at radius 3 is 2.90 bits per heavy atom. The van der Waals surface area contributed by atoms with Crippen molar-refractivity contribution in [2.24, 2.45) is 0 Å². The molecule has 6 nitrogen and oxygen atoms in total. The molecule has 0 atom stereocenters. The van der Waals surface area contributed by atoms with E-state index in [1.54, 1.807) is 0 Å². The van der Waals surface area contributed by atoms with Crippen molar-refractivity contribution in [3.8, 4) is 11.3 Å². The molecule has 2 aromatic rings. The van der Waals surface area contributed by atoms with E-state index in [1.807, 2.05) is 6.92 Å². The van der Waals surface area contributed by atoms with Crippen molar-refractivity contribution in [2.75, 3.05) is 11.9 Å².